The molecule has 1 aliphatic rings. The molecule has 1 fully saturated rings. The Bertz CT molecular complexity index is 1340. The fraction of sp³-hybridized carbons (Fsp3) is 0.333. The summed E-state index contributed by atoms with van der Waals surface area (Å²) >= 11 is 0. The van der Waals surface area contributed by atoms with Gasteiger partial charge in [0, 0.05) is 54.4 Å². The van der Waals surface area contributed by atoms with E-state index in [9.17, 15) is 9.18 Å². The first kappa shape index (κ1) is 20.5. The summed E-state index contributed by atoms with van der Waals surface area (Å²) in [5.74, 6) is -0.761. The van der Waals surface area contributed by atoms with E-state index in [2.05, 4.69) is 45.2 Å². The van der Waals surface area contributed by atoms with Gasteiger partial charge in [-0.05, 0) is 52.6 Å². The molecule has 1 atom stereocenters. The monoisotopic (exact) mass is 434 g/mol. The SMILES string of the molecule is Cc1cn2cc(NC(=O)c3ccc(N4CCC(N(C)C)C4)c4cc(C)[nH]c34)cc(F)c2n1. The number of nitrogens with one attached hydrogen (secondary N) is 2. The Morgan fingerprint density at radius 1 is 1.25 bits per heavy atom. The van der Waals surface area contributed by atoms with Crippen molar-refractivity contribution in [3.63, 3.8) is 0 Å². The molecule has 1 amide bonds. The van der Waals surface area contributed by atoms with Crippen LogP contribution in [0.1, 0.15) is 28.2 Å². The maximum atomic E-state index is 14.4. The third kappa shape index (κ3) is 3.50. The van der Waals surface area contributed by atoms with Crippen LogP contribution in [0.4, 0.5) is 15.8 Å². The molecule has 2 N–H and O–H groups in total. The van der Waals surface area contributed by atoms with Crippen molar-refractivity contribution >= 4 is 33.8 Å². The number of hydrogen-bond donors (Lipinski definition) is 2. The topological polar surface area (TPSA) is 68.7 Å². The van der Waals surface area contributed by atoms with Gasteiger partial charge in [-0.3, -0.25) is 4.79 Å². The van der Waals surface area contributed by atoms with Gasteiger partial charge in [0.25, 0.3) is 5.91 Å². The number of amides is 1. The summed E-state index contributed by atoms with van der Waals surface area (Å²) < 4.78 is 16.0. The lowest BCUT2D eigenvalue weighted by molar-refractivity contribution is 0.102. The zero-order valence-electron chi connectivity index (χ0n) is 18.7. The van der Waals surface area contributed by atoms with Crippen LogP contribution in [0.3, 0.4) is 0 Å². The number of pyridine rings is 1. The minimum Gasteiger partial charge on any atom is -0.369 e. The number of H-pyrrole nitrogens is 1. The number of rotatable bonds is 4. The van der Waals surface area contributed by atoms with Crippen LogP contribution >= 0.6 is 0 Å². The first-order chi connectivity index (χ1) is 15.3. The normalized spacial score (nSPS) is 16.6. The lowest BCUT2D eigenvalue weighted by atomic mass is 10.1. The van der Waals surface area contributed by atoms with E-state index in [0.29, 0.717) is 23.0 Å². The average Bonchev–Trinajstić information content (AvgIpc) is 3.44. The number of carbonyl (C=O) groups excluding carboxylic acids is 1. The van der Waals surface area contributed by atoms with Crippen LogP contribution in [0, 0.1) is 19.7 Å². The zero-order valence-corrected chi connectivity index (χ0v) is 18.7. The molecule has 4 aromatic rings. The number of aryl methyl sites for hydroxylation is 2. The van der Waals surface area contributed by atoms with Gasteiger partial charge in [0.15, 0.2) is 11.5 Å². The molecule has 166 valence electrons. The summed E-state index contributed by atoms with van der Waals surface area (Å²) in [6.07, 6.45) is 4.52. The Morgan fingerprint density at radius 3 is 2.81 bits per heavy atom. The number of carbonyl (C=O) groups is 1. The molecule has 1 unspecified atom stereocenters. The molecule has 32 heavy (non-hydrogen) atoms. The van der Waals surface area contributed by atoms with Gasteiger partial charge >= 0.3 is 0 Å². The minimum absolute atomic E-state index is 0.244. The van der Waals surface area contributed by atoms with E-state index in [4.69, 9.17) is 0 Å². The zero-order chi connectivity index (χ0) is 22.6. The maximum absolute atomic E-state index is 14.4. The number of nitrogens with zero attached hydrogens (tertiary/aromatic N) is 4. The Labute approximate surface area is 185 Å². The van der Waals surface area contributed by atoms with Gasteiger partial charge in [-0.15, -0.1) is 0 Å². The van der Waals surface area contributed by atoms with E-state index >= 15 is 0 Å². The van der Waals surface area contributed by atoms with Crippen molar-refractivity contribution in [1.29, 1.82) is 0 Å². The number of aromatic nitrogens is 3. The first-order valence-corrected chi connectivity index (χ1v) is 10.8. The van der Waals surface area contributed by atoms with Crippen LogP contribution in [-0.2, 0) is 0 Å². The van der Waals surface area contributed by atoms with Crippen molar-refractivity contribution in [3.8, 4) is 0 Å². The molecule has 5 rings (SSSR count). The summed E-state index contributed by atoms with van der Waals surface area (Å²) in [5.41, 5.74) is 4.79. The molecule has 8 heteroatoms. The van der Waals surface area contributed by atoms with Gasteiger partial charge in [-0.25, -0.2) is 9.37 Å². The van der Waals surface area contributed by atoms with Gasteiger partial charge in [0.1, 0.15) is 0 Å². The van der Waals surface area contributed by atoms with Crippen LogP contribution in [0.5, 0.6) is 0 Å². The van der Waals surface area contributed by atoms with Gasteiger partial charge in [0.2, 0.25) is 0 Å². The standard InChI is InChI=1S/C24H27FN6O/c1-14-9-19-21(30-8-7-17(13-30)29(3)4)6-5-18(22(19)26-14)24(32)28-16-10-20(25)23-27-15(2)11-31(23)12-16/h5-6,9-12,17,26H,7-8,13H2,1-4H3,(H,28,32). The molecule has 3 aromatic heterocycles. The van der Waals surface area contributed by atoms with Crippen molar-refractivity contribution < 1.29 is 9.18 Å². The second kappa shape index (κ2) is 7.63. The Hall–Kier alpha value is -3.39. The number of anilines is 2. The number of fused-ring (bicyclic) bond motifs is 2. The Morgan fingerprint density at radius 2 is 2.06 bits per heavy atom. The highest BCUT2D eigenvalue weighted by Gasteiger charge is 2.26. The number of hydrogen-bond acceptors (Lipinski definition) is 4. The highest BCUT2D eigenvalue weighted by molar-refractivity contribution is 6.14. The quantitative estimate of drug-likeness (QED) is 0.510. The van der Waals surface area contributed by atoms with Gasteiger partial charge in [0.05, 0.1) is 22.5 Å². The van der Waals surface area contributed by atoms with Crippen LogP contribution in [0.25, 0.3) is 16.6 Å². The fourth-order valence-corrected chi connectivity index (χ4v) is 4.63. The largest absolute Gasteiger partial charge is 0.369 e. The summed E-state index contributed by atoms with van der Waals surface area (Å²) in [6, 6.07) is 7.78. The Balaban J connectivity index is 1.48. The molecular formula is C24H27FN6O. The van der Waals surface area contributed by atoms with E-state index in [0.717, 1.165) is 41.8 Å². The van der Waals surface area contributed by atoms with Crippen molar-refractivity contribution in [2.24, 2.45) is 0 Å². The predicted octanol–water partition coefficient (Wildman–Crippen LogP) is 3.96. The lowest BCUT2D eigenvalue weighted by Gasteiger charge is -2.23. The summed E-state index contributed by atoms with van der Waals surface area (Å²) in [6.45, 7) is 5.74. The van der Waals surface area contributed by atoms with E-state index in [1.165, 1.54) is 6.07 Å². The minimum atomic E-state index is -0.475. The third-order valence-electron chi connectivity index (χ3n) is 6.27. The molecule has 0 aliphatic carbocycles. The number of benzene rings is 1. The average molecular weight is 435 g/mol. The first-order valence-electron chi connectivity index (χ1n) is 10.8. The van der Waals surface area contributed by atoms with Crippen molar-refractivity contribution in [3.05, 3.63) is 59.4 Å². The van der Waals surface area contributed by atoms with Gasteiger partial charge in [-0.2, -0.15) is 0 Å². The van der Waals surface area contributed by atoms with E-state index < -0.39 is 5.82 Å². The molecule has 4 heterocycles. The van der Waals surface area contributed by atoms with E-state index in [-0.39, 0.29) is 11.6 Å². The van der Waals surface area contributed by atoms with Crippen LogP contribution in [-0.4, -0.2) is 58.4 Å². The molecule has 0 saturated carbocycles. The highest BCUT2D eigenvalue weighted by atomic mass is 19.1. The van der Waals surface area contributed by atoms with Crippen molar-refractivity contribution in [2.45, 2.75) is 26.3 Å². The summed E-state index contributed by atoms with van der Waals surface area (Å²) in [5, 5.41) is 3.87. The number of likely N-dealkylation sites (N-methyl/N-ethyl adjacent to an activating group) is 1. The molecular weight excluding hydrogens is 407 g/mol. The van der Waals surface area contributed by atoms with E-state index in [1.807, 2.05) is 19.1 Å². The highest BCUT2D eigenvalue weighted by Crippen LogP contribution is 2.33. The predicted molar refractivity (Wildman–Crippen MR) is 125 cm³/mol. The maximum Gasteiger partial charge on any atom is 0.257 e. The lowest BCUT2D eigenvalue weighted by Crippen LogP contribution is -2.31. The number of imidazole rings is 1. The molecule has 1 aliphatic heterocycles. The summed E-state index contributed by atoms with van der Waals surface area (Å²) in [7, 11) is 4.23. The molecule has 1 saturated heterocycles. The molecule has 0 bridgehead atoms. The number of aromatic amines is 1. The Kier molecular flexibility index (Phi) is 4.89. The molecule has 0 radical (unpaired) electrons. The molecule has 1 aromatic carbocycles. The van der Waals surface area contributed by atoms with Crippen LogP contribution < -0.4 is 10.2 Å². The van der Waals surface area contributed by atoms with Crippen molar-refractivity contribution in [1.82, 2.24) is 19.3 Å². The molecule has 0 spiro atoms. The second-order valence-corrected chi connectivity index (χ2v) is 8.87. The van der Waals surface area contributed by atoms with Gasteiger partial charge < -0.3 is 24.5 Å². The molecule has 7 nitrogen and oxygen atoms in total. The fourth-order valence-electron chi connectivity index (χ4n) is 4.63. The van der Waals surface area contributed by atoms with Gasteiger partial charge in [-0.1, -0.05) is 0 Å². The van der Waals surface area contributed by atoms with Crippen LogP contribution in [0.2, 0.25) is 0 Å². The van der Waals surface area contributed by atoms with E-state index in [1.54, 1.807) is 23.7 Å². The van der Waals surface area contributed by atoms with Crippen LogP contribution in [0.15, 0.2) is 36.7 Å². The summed E-state index contributed by atoms with van der Waals surface area (Å²) in [4.78, 5) is 25.3. The van der Waals surface area contributed by atoms with Crippen molar-refractivity contribution in [2.75, 3.05) is 37.4 Å². The second-order valence-electron chi connectivity index (χ2n) is 8.87. The number of halogens is 1. The third-order valence-corrected chi connectivity index (χ3v) is 6.27. The smallest absolute Gasteiger partial charge is 0.257 e.